The Morgan fingerprint density at radius 3 is 2.48 bits per heavy atom. The minimum Gasteiger partial charge on any atom is -0.545 e. The SMILES string of the molecule is O=C([O-])c1ccccc1S[C@@H]1CC(=O)N(CCc2ccccc2)C1=O. The predicted octanol–water partition coefficient (Wildman–Crippen LogP) is 1.51. The van der Waals surface area contributed by atoms with Crippen molar-refractivity contribution in [3.8, 4) is 0 Å². The van der Waals surface area contributed by atoms with Crippen LogP contribution in [0.5, 0.6) is 0 Å². The first kappa shape index (κ1) is 17.2. The molecule has 6 heteroatoms. The molecule has 0 radical (unpaired) electrons. The van der Waals surface area contributed by atoms with Gasteiger partial charge in [-0.2, -0.15) is 0 Å². The first-order valence-corrected chi connectivity index (χ1v) is 8.79. The normalized spacial score (nSPS) is 17.1. The van der Waals surface area contributed by atoms with Crippen LogP contribution in [0.1, 0.15) is 22.3 Å². The molecular weight excluding hydrogens is 338 g/mol. The van der Waals surface area contributed by atoms with E-state index in [-0.39, 0.29) is 23.8 Å². The highest BCUT2D eigenvalue weighted by Crippen LogP contribution is 2.33. The molecule has 2 aromatic carbocycles. The quantitative estimate of drug-likeness (QED) is 0.735. The summed E-state index contributed by atoms with van der Waals surface area (Å²) in [7, 11) is 0. The van der Waals surface area contributed by atoms with E-state index < -0.39 is 11.2 Å². The maximum Gasteiger partial charge on any atom is 0.243 e. The van der Waals surface area contributed by atoms with Crippen molar-refractivity contribution in [1.82, 2.24) is 4.90 Å². The number of aromatic carboxylic acids is 1. The molecule has 2 aromatic rings. The lowest BCUT2D eigenvalue weighted by Gasteiger charge is -2.16. The number of amides is 2. The third-order valence-corrected chi connectivity index (χ3v) is 5.31. The summed E-state index contributed by atoms with van der Waals surface area (Å²) in [6.45, 7) is 0.334. The van der Waals surface area contributed by atoms with Crippen LogP contribution in [0.4, 0.5) is 0 Å². The number of rotatable bonds is 6. The Bertz CT molecular complexity index is 806. The van der Waals surface area contributed by atoms with E-state index in [9.17, 15) is 19.5 Å². The monoisotopic (exact) mass is 354 g/mol. The second-order valence-electron chi connectivity index (χ2n) is 5.71. The van der Waals surface area contributed by atoms with Crippen LogP contribution in [0.25, 0.3) is 0 Å². The van der Waals surface area contributed by atoms with Crippen molar-refractivity contribution in [3.63, 3.8) is 0 Å². The molecule has 0 unspecified atom stereocenters. The molecule has 5 nitrogen and oxygen atoms in total. The van der Waals surface area contributed by atoms with Gasteiger partial charge in [-0.25, -0.2) is 0 Å². The van der Waals surface area contributed by atoms with Crippen LogP contribution in [0.15, 0.2) is 59.5 Å². The van der Waals surface area contributed by atoms with Gasteiger partial charge in [-0.3, -0.25) is 14.5 Å². The lowest BCUT2D eigenvalue weighted by molar-refractivity contribution is -0.255. The summed E-state index contributed by atoms with van der Waals surface area (Å²) in [4.78, 5) is 37.6. The van der Waals surface area contributed by atoms with Gasteiger partial charge in [0, 0.05) is 23.4 Å². The van der Waals surface area contributed by atoms with Gasteiger partial charge in [0.2, 0.25) is 11.8 Å². The van der Waals surface area contributed by atoms with Crippen molar-refractivity contribution in [2.45, 2.75) is 23.0 Å². The average Bonchev–Trinajstić information content (AvgIpc) is 2.88. The Morgan fingerprint density at radius 1 is 1.08 bits per heavy atom. The van der Waals surface area contributed by atoms with Crippen molar-refractivity contribution in [2.75, 3.05) is 6.54 Å². The molecule has 3 rings (SSSR count). The van der Waals surface area contributed by atoms with Crippen LogP contribution >= 0.6 is 11.8 Å². The van der Waals surface area contributed by atoms with Gasteiger partial charge >= 0.3 is 0 Å². The van der Waals surface area contributed by atoms with E-state index >= 15 is 0 Å². The molecule has 1 fully saturated rings. The number of likely N-dealkylation sites (tertiary alicyclic amines) is 1. The average molecular weight is 354 g/mol. The zero-order valence-corrected chi connectivity index (χ0v) is 14.2. The maximum absolute atomic E-state index is 12.5. The first-order valence-electron chi connectivity index (χ1n) is 7.91. The molecular formula is C19H16NO4S-. The fourth-order valence-corrected chi connectivity index (χ4v) is 3.95. The van der Waals surface area contributed by atoms with Crippen molar-refractivity contribution in [3.05, 3.63) is 65.7 Å². The highest BCUT2D eigenvalue weighted by Gasteiger charge is 2.39. The van der Waals surface area contributed by atoms with E-state index in [1.54, 1.807) is 18.2 Å². The third kappa shape index (κ3) is 3.91. The molecule has 2 amide bonds. The van der Waals surface area contributed by atoms with Gasteiger partial charge in [0.1, 0.15) is 0 Å². The Hall–Kier alpha value is -2.60. The smallest absolute Gasteiger partial charge is 0.243 e. The summed E-state index contributed by atoms with van der Waals surface area (Å²) in [5, 5.41) is 10.6. The van der Waals surface area contributed by atoms with Crippen LogP contribution in [-0.4, -0.2) is 34.5 Å². The number of hydrogen-bond acceptors (Lipinski definition) is 5. The standard InChI is InChI=1S/C19H17NO4S/c21-17-12-16(25-15-9-5-4-8-14(15)19(23)24)18(22)20(17)11-10-13-6-2-1-3-7-13/h1-9,16H,10-12H2,(H,23,24)/p-1/t16-/m1/s1. The van der Waals surface area contributed by atoms with Crippen molar-refractivity contribution in [1.29, 1.82) is 0 Å². The van der Waals surface area contributed by atoms with Crippen LogP contribution < -0.4 is 5.11 Å². The molecule has 0 spiro atoms. The Kier molecular flexibility index (Phi) is 5.19. The Balaban J connectivity index is 1.68. The molecule has 1 atom stereocenters. The number of thioether (sulfide) groups is 1. The van der Waals surface area contributed by atoms with Gasteiger partial charge in [0.25, 0.3) is 0 Å². The van der Waals surface area contributed by atoms with Gasteiger partial charge in [0.15, 0.2) is 0 Å². The summed E-state index contributed by atoms with van der Waals surface area (Å²) in [5.74, 6) is -1.77. The number of carbonyl (C=O) groups excluding carboxylic acids is 3. The molecule has 0 aliphatic carbocycles. The molecule has 0 N–H and O–H groups in total. The summed E-state index contributed by atoms with van der Waals surface area (Å²) >= 11 is 1.11. The zero-order chi connectivity index (χ0) is 17.8. The molecule has 0 bridgehead atoms. The van der Waals surface area contributed by atoms with Crippen molar-refractivity contribution < 1.29 is 19.5 Å². The summed E-state index contributed by atoms with van der Waals surface area (Å²) in [6.07, 6.45) is 0.686. The van der Waals surface area contributed by atoms with E-state index in [0.29, 0.717) is 17.9 Å². The molecule has 1 aliphatic heterocycles. The van der Waals surface area contributed by atoms with E-state index in [1.807, 2.05) is 30.3 Å². The molecule has 1 aliphatic rings. The van der Waals surface area contributed by atoms with Crippen molar-refractivity contribution >= 4 is 29.5 Å². The van der Waals surface area contributed by atoms with Crippen LogP contribution in [0.2, 0.25) is 0 Å². The van der Waals surface area contributed by atoms with E-state index in [1.165, 1.54) is 11.0 Å². The highest BCUT2D eigenvalue weighted by atomic mass is 32.2. The van der Waals surface area contributed by atoms with E-state index in [0.717, 1.165) is 17.3 Å². The number of benzene rings is 2. The number of hydrogen-bond donors (Lipinski definition) is 0. The Labute approximate surface area is 149 Å². The van der Waals surface area contributed by atoms with E-state index in [2.05, 4.69) is 0 Å². The maximum atomic E-state index is 12.5. The number of imide groups is 1. The molecule has 0 saturated carbocycles. The minimum atomic E-state index is -1.29. The minimum absolute atomic E-state index is 0.0375. The van der Waals surface area contributed by atoms with Crippen molar-refractivity contribution in [2.24, 2.45) is 0 Å². The lowest BCUT2D eigenvalue weighted by Crippen LogP contribution is -2.33. The van der Waals surface area contributed by atoms with Crippen LogP contribution in [-0.2, 0) is 16.0 Å². The molecule has 0 aromatic heterocycles. The fraction of sp³-hybridized carbons (Fsp3) is 0.211. The third-order valence-electron chi connectivity index (χ3n) is 4.05. The number of carbonyl (C=O) groups is 3. The van der Waals surface area contributed by atoms with Gasteiger partial charge < -0.3 is 9.90 Å². The molecule has 25 heavy (non-hydrogen) atoms. The highest BCUT2D eigenvalue weighted by molar-refractivity contribution is 8.00. The summed E-state index contributed by atoms with van der Waals surface area (Å²) in [5.41, 5.74) is 1.09. The second-order valence-corrected chi connectivity index (χ2v) is 6.96. The number of carboxylic acids is 1. The molecule has 1 heterocycles. The largest absolute Gasteiger partial charge is 0.545 e. The number of carboxylic acid groups (broad SMARTS) is 1. The number of nitrogens with zero attached hydrogens (tertiary/aromatic N) is 1. The summed E-state index contributed by atoms with van der Waals surface area (Å²) in [6, 6.07) is 16.0. The van der Waals surface area contributed by atoms with Gasteiger partial charge in [-0.15, -0.1) is 11.8 Å². The Morgan fingerprint density at radius 2 is 1.76 bits per heavy atom. The molecule has 1 saturated heterocycles. The predicted molar refractivity (Wildman–Crippen MR) is 91.9 cm³/mol. The van der Waals surface area contributed by atoms with Gasteiger partial charge in [0.05, 0.1) is 11.2 Å². The fourth-order valence-electron chi connectivity index (χ4n) is 2.76. The molecule has 128 valence electrons. The van der Waals surface area contributed by atoms with Gasteiger partial charge in [-0.05, 0) is 18.1 Å². The van der Waals surface area contributed by atoms with Crippen LogP contribution in [0, 0.1) is 0 Å². The van der Waals surface area contributed by atoms with Crippen LogP contribution in [0.3, 0.4) is 0 Å². The van der Waals surface area contributed by atoms with Gasteiger partial charge in [-0.1, -0.05) is 48.5 Å². The lowest BCUT2D eigenvalue weighted by atomic mass is 10.1. The second kappa shape index (κ2) is 7.53. The topological polar surface area (TPSA) is 77.5 Å². The van der Waals surface area contributed by atoms with E-state index in [4.69, 9.17) is 0 Å². The zero-order valence-electron chi connectivity index (χ0n) is 13.4. The first-order chi connectivity index (χ1) is 12.1. The summed E-state index contributed by atoms with van der Waals surface area (Å²) < 4.78 is 0.